The molecule has 0 saturated carbocycles. The minimum atomic E-state index is -0.761. The Bertz CT molecular complexity index is 1070. The molecule has 1 aliphatic rings. The number of ether oxygens (including phenoxy) is 3. The number of rotatable bonds is 13. The van der Waals surface area contributed by atoms with Crippen molar-refractivity contribution in [1.29, 1.82) is 0 Å². The minimum absolute atomic E-state index is 0.184. The molecule has 202 valence electrons. The number of hydrogen-bond acceptors (Lipinski definition) is 8. The summed E-state index contributed by atoms with van der Waals surface area (Å²) in [7, 11) is 1.78. The van der Waals surface area contributed by atoms with Gasteiger partial charge in [-0.25, -0.2) is 14.4 Å². The van der Waals surface area contributed by atoms with E-state index in [4.69, 9.17) is 14.2 Å². The molecule has 2 N–H and O–H groups in total. The molecule has 0 fully saturated rings. The highest BCUT2D eigenvalue weighted by Gasteiger charge is 2.39. The molecule has 0 saturated heterocycles. The summed E-state index contributed by atoms with van der Waals surface area (Å²) in [6, 6.07) is 7.39. The van der Waals surface area contributed by atoms with Crippen molar-refractivity contribution in [1.82, 2.24) is 10.6 Å². The predicted octanol–water partition coefficient (Wildman–Crippen LogP) is 4.38. The Labute approximate surface area is 220 Å². The standard InChI is InChI=1S/C29H40N2O6/c1-7-10-13-16-37-27(32)19(4)17-21-14-11-12-15-22(21)25-24(28(33)35-8-2)20(5)31-23(18-30-6)26(25)29(34)36-9-3/h11-12,14-15,17,25,30-31H,7-10,13,16,18H2,1-6H3/b19-17+. The van der Waals surface area contributed by atoms with E-state index in [9.17, 15) is 14.4 Å². The van der Waals surface area contributed by atoms with Crippen LogP contribution in [0.3, 0.4) is 0 Å². The topological polar surface area (TPSA) is 103 Å². The highest BCUT2D eigenvalue weighted by atomic mass is 16.5. The number of carbonyl (C=O) groups is 3. The van der Waals surface area contributed by atoms with E-state index < -0.39 is 23.8 Å². The normalized spacial score (nSPS) is 15.8. The van der Waals surface area contributed by atoms with E-state index in [0.29, 0.717) is 52.4 Å². The fourth-order valence-electron chi connectivity index (χ4n) is 4.28. The van der Waals surface area contributed by atoms with Crippen LogP contribution in [0, 0.1) is 0 Å². The van der Waals surface area contributed by atoms with Gasteiger partial charge in [0.25, 0.3) is 0 Å². The van der Waals surface area contributed by atoms with Crippen molar-refractivity contribution < 1.29 is 28.6 Å². The maximum Gasteiger partial charge on any atom is 0.336 e. The van der Waals surface area contributed by atoms with Crippen molar-refractivity contribution in [2.24, 2.45) is 0 Å². The summed E-state index contributed by atoms with van der Waals surface area (Å²) in [4.78, 5) is 39.1. The Kier molecular flexibility index (Phi) is 12.1. The van der Waals surface area contributed by atoms with Crippen LogP contribution < -0.4 is 10.6 Å². The lowest BCUT2D eigenvalue weighted by Gasteiger charge is -2.32. The van der Waals surface area contributed by atoms with Gasteiger partial charge in [0.1, 0.15) is 0 Å². The lowest BCUT2D eigenvalue weighted by molar-refractivity contribution is -0.140. The molecule has 0 amide bonds. The highest BCUT2D eigenvalue weighted by molar-refractivity contribution is 6.00. The van der Waals surface area contributed by atoms with Crippen molar-refractivity contribution in [3.63, 3.8) is 0 Å². The van der Waals surface area contributed by atoms with Crippen LogP contribution in [-0.2, 0) is 28.6 Å². The zero-order valence-electron chi connectivity index (χ0n) is 22.9. The third-order valence-corrected chi connectivity index (χ3v) is 5.97. The van der Waals surface area contributed by atoms with Crippen LogP contribution in [0.15, 0.2) is 52.4 Å². The van der Waals surface area contributed by atoms with Gasteiger partial charge in [-0.1, -0.05) is 44.0 Å². The second-order valence-corrected chi connectivity index (χ2v) is 8.76. The molecule has 0 aliphatic carbocycles. The summed E-state index contributed by atoms with van der Waals surface area (Å²) in [5.41, 5.74) is 3.65. The van der Waals surface area contributed by atoms with Gasteiger partial charge >= 0.3 is 17.9 Å². The van der Waals surface area contributed by atoms with Crippen LogP contribution in [0.2, 0.25) is 0 Å². The van der Waals surface area contributed by atoms with Crippen molar-refractivity contribution in [2.45, 2.75) is 59.8 Å². The molecule has 1 atom stereocenters. The van der Waals surface area contributed by atoms with Crippen LogP contribution in [-0.4, -0.2) is 51.3 Å². The maximum atomic E-state index is 13.3. The highest BCUT2D eigenvalue weighted by Crippen LogP contribution is 2.41. The first kappa shape index (κ1) is 29.8. The molecular formula is C29H40N2O6. The number of dihydropyridines is 1. The van der Waals surface area contributed by atoms with Gasteiger partial charge in [0.05, 0.1) is 36.9 Å². The lowest BCUT2D eigenvalue weighted by Crippen LogP contribution is -2.36. The third-order valence-electron chi connectivity index (χ3n) is 5.97. The SMILES string of the molecule is CCCCCOC(=O)/C(C)=C/c1ccccc1C1C(C(=O)OCC)=C(C)NC(CNC)=C1C(=O)OCC. The first-order chi connectivity index (χ1) is 17.8. The number of carbonyl (C=O) groups excluding carboxylic acids is 3. The predicted molar refractivity (Wildman–Crippen MR) is 143 cm³/mol. The van der Waals surface area contributed by atoms with Crippen LogP contribution in [0.1, 0.15) is 70.9 Å². The van der Waals surface area contributed by atoms with Crippen molar-refractivity contribution in [3.8, 4) is 0 Å². The van der Waals surface area contributed by atoms with Gasteiger partial charge in [-0.05, 0) is 58.4 Å². The Morgan fingerprint density at radius 3 is 2.24 bits per heavy atom. The molecule has 1 unspecified atom stereocenters. The molecule has 0 aromatic heterocycles. The summed E-state index contributed by atoms with van der Waals surface area (Å²) in [5.74, 6) is -2.20. The number of likely N-dealkylation sites (N-methyl/N-ethyl adjacent to an activating group) is 1. The van der Waals surface area contributed by atoms with Gasteiger partial charge in [-0.2, -0.15) is 0 Å². The second-order valence-electron chi connectivity index (χ2n) is 8.76. The van der Waals surface area contributed by atoms with Crippen LogP contribution in [0.25, 0.3) is 6.08 Å². The number of benzene rings is 1. The average molecular weight is 513 g/mol. The lowest BCUT2D eigenvalue weighted by atomic mass is 9.78. The molecule has 1 aromatic carbocycles. The number of nitrogens with one attached hydrogen (secondary N) is 2. The zero-order valence-corrected chi connectivity index (χ0v) is 22.9. The first-order valence-corrected chi connectivity index (χ1v) is 12.9. The second kappa shape index (κ2) is 15.0. The molecule has 37 heavy (non-hydrogen) atoms. The van der Waals surface area contributed by atoms with Gasteiger partial charge in [0.2, 0.25) is 0 Å². The molecular weight excluding hydrogens is 472 g/mol. The van der Waals surface area contributed by atoms with Crippen molar-refractivity contribution >= 4 is 24.0 Å². The molecule has 0 radical (unpaired) electrons. The largest absolute Gasteiger partial charge is 0.463 e. The third kappa shape index (κ3) is 7.79. The molecule has 0 bridgehead atoms. The van der Waals surface area contributed by atoms with Crippen LogP contribution in [0.4, 0.5) is 0 Å². The van der Waals surface area contributed by atoms with Gasteiger partial charge in [0.15, 0.2) is 0 Å². The molecule has 1 aliphatic heterocycles. The Balaban J connectivity index is 2.66. The van der Waals surface area contributed by atoms with Crippen LogP contribution in [0.5, 0.6) is 0 Å². The van der Waals surface area contributed by atoms with Crippen molar-refractivity contribution in [3.05, 3.63) is 63.5 Å². The molecule has 1 aromatic rings. The van der Waals surface area contributed by atoms with E-state index in [1.165, 1.54) is 0 Å². The summed E-state index contributed by atoms with van der Waals surface area (Å²) in [6.07, 6.45) is 4.58. The molecule has 2 rings (SSSR count). The van der Waals surface area contributed by atoms with Crippen LogP contribution >= 0.6 is 0 Å². The Hall–Kier alpha value is -3.39. The number of esters is 3. The first-order valence-electron chi connectivity index (χ1n) is 12.9. The van der Waals surface area contributed by atoms with E-state index in [1.807, 2.05) is 24.3 Å². The average Bonchev–Trinajstić information content (AvgIpc) is 2.86. The summed E-state index contributed by atoms with van der Waals surface area (Å²) < 4.78 is 16.2. The van der Waals surface area contributed by atoms with E-state index in [-0.39, 0.29) is 13.2 Å². The maximum absolute atomic E-state index is 13.3. The van der Waals surface area contributed by atoms with Gasteiger partial charge in [-0.15, -0.1) is 0 Å². The van der Waals surface area contributed by atoms with E-state index in [2.05, 4.69) is 17.6 Å². The summed E-state index contributed by atoms with van der Waals surface area (Å²) in [6.45, 7) is 10.1. The summed E-state index contributed by atoms with van der Waals surface area (Å²) in [5, 5.41) is 6.29. The number of unbranched alkanes of at least 4 members (excludes halogenated alkanes) is 2. The van der Waals surface area contributed by atoms with E-state index in [0.717, 1.165) is 19.3 Å². The number of hydrogen-bond donors (Lipinski definition) is 2. The quantitative estimate of drug-likeness (QED) is 0.174. The van der Waals surface area contributed by atoms with Crippen molar-refractivity contribution in [2.75, 3.05) is 33.4 Å². The fourth-order valence-corrected chi connectivity index (χ4v) is 4.28. The van der Waals surface area contributed by atoms with Gasteiger partial charge < -0.3 is 24.8 Å². The molecule has 8 nitrogen and oxygen atoms in total. The number of allylic oxidation sites excluding steroid dienone is 1. The van der Waals surface area contributed by atoms with E-state index in [1.54, 1.807) is 40.8 Å². The minimum Gasteiger partial charge on any atom is -0.463 e. The van der Waals surface area contributed by atoms with E-state index >= 15 is 0 Å². The fraction of sp³-hybridized carbons (Fsp3) is 0.483. The zero-order chi connectivity index (χ0) is 27.4. The monoisotopic (exact) mass is 512 g/mol. The smallest absolute Gasteiger partial charge is 0.336 e. The Morgan fingerprint density at radius 2 is 1.62 bits per heavy atom. The Morgan fingerprint density at radius 1 is 0.973 bits per heavy atom. The summed E-state index contributed by atoms with van der Waals surface area (Å²) >= 11 is 0. The molecule has 8 heteroatoms. The van der Waals surface area contributed by atoms with Gasteiger partial charge in [-0.3, -0.25) is 0 Å². The van der Waals surface area contributed by atoms with Gasteiger partial charge in [0, 0.05) is 23.5 Å². The molecule has 0 spiro atoms. The molecule has 1 heterocycles.